The van der Waals surface area contributed by atoms with Crippen molar-refractivity contribution in [1.29, 1.82) is 5.26 Å². The molecule has 7 nitrogen and oxygen atoms in total. The second-order valence-electron chi connectivity index (χ2n) is 10.6. The zero-order chi connectivity index (χ0) is 23.2. The van der Waals surface area contributed by atoms with Gasteiger partial charge < -0.3 is 14.7 Å². The van der Waals surface area contributed by atoms with E-state index in [-0.39, 0.29) is 12.0 Å². The molecule has 3 aliphatic carbocycles. The van der Waals surface area contributed by atoms with Crippen LogP contribution in [0, 0.1) is 23.2 Å². The Morgan fingerprint density at radius 3 is 2.41 bits per heavy atom. The normalized spacial score (nSPS) is 26.0. The Kier molecular flexibility index (Phi) is 6.11. The van der Waals surface area contributed by atoms with Crippen molar-refractivity contribution in [2.24, 2.45) is 11.8 Å². The molecular weight excluding hydrogens is 444 g/mol. The zero-order valence-electron chi connectivity index (χ0n) is 20.3. The molecule has 1 aromatic heterocycles. The van der Waals surface area contributed by atoms with Crippen molar-refractivity contribution >= 4 is 29.4 Å². The van der Waals surface area contributed by atoms with Gasteiger partial charge in [0, 0.05) is 63.4 Å². The maximum atomic E-state index is 12.9. The van der Waals surface area contributed by atoms with E-state index in [1.54, 1.807) is 0 Å². The van der Waals surface area contributed by atoms with Crippen LogP contribution in [0.2, 0.25) is 0 Å². The monoisotopic (exact) mass is 480 g/mol. The number of carbonyl (C=O) groups excluding carboxylic acids is 1. The standard InChI is InChI=1S/C26H36N6OS/c1-2-34-31-12-9-29(10-13-31)22-15-21(16-27)25(28-24(22)19-5-6-19)30-11-14-32(26(33)20-7-8-20)23(17-30)18-3-4-18/h15,18-20,23H,2-14,17H2,1H3. The summed E-state index contributed by atoms with van der Waals surface area (Å²) in [7, 11) is 0. The summed E-state index contributed by atoms with van der Waals surface area (Å²) >= 11 is 1.92. The lowest BCUT2D eigenvalue weighted by Gasteiger charge is -2.43. The summed E-state index contributed by atoms with van der Waals surface area (Å²) in [5.41, 5.74) is 3.08. The van der Waals surface area contributed by atoms with E-state index in [1.165, 1.54) is 37.1 Å². The van der Waals surface area contributed by atoms with E-state index in [2.05, 4.69) is 38.1 Å². The highest BCUT2D eigenvalue weighted by Crippen LogP contribution is 2.46. The van der Waals surface area contributed by atoms with Crippen LogP contribution in [0.15, 0.2) is 6.07 Å². The van der Waals surface area contributed by atoms with Crippen molar-refractivity contribution in [2.45, 2.75) is 57.4 Å². The van der Waals surface area contributed by atoms with Crippen LogP contribution in [0.4, 0.5) is 11.5 Å². The minimum absolute atomic E-state index is 0.276. The second-order valence-corrected chi connectivity index (χ2v) is 12.0. The highest BCUT2D eigenvalue weighted by atomic mass is 32.2. The van der Waals surface area contributed by atoms with Gasteiger partial charge in [-0.3, -0.25) is 4.79 Å². The summed E-state index contributed by atoms with van der Waals surface area (Å²) in [4.78, 5) is 25.1. The van der Waals surface area contributed by atoms with Crippen LogP contribution < -0.4 is 9.80 Å². The summed E-state index contributed by atoms with van der Waals surface area (Å²) in [5, 5.41) is 10.1. The molecule has 1 atom stereocenters. The Bertz CT molecular complexity index is 974. The number of rotatable bonds is 7. The highest BCUT2D eigenvalue weighted by Gasteiger charge is 2.45. The van der Waals surface area contributed by atoms with Gasteiger partial charge in [0.15, 0.2) is 0 Å². The average molecular weight is 481 g/mol. The van der Waals surface area contributed by atoms with Crippen LogP contribution in [0.1, 0.15) is 62.6 Å². The lowest BCUT2D eigenvalue weighted by Crippen LogP contribution is -2.57. The molecular formula is C26H36N6OS. The van der Waals surface area contributed by atoms with E-state index in [0.717, 1.165) is 70.2 Å². The molecule has 2 saturated heterocycles. The van der Waals surface area contributed by atoms with Crippen LogP contribution in [0.25, 0.3) is 0 Å². The number of anilines is 2. The number of carbonyl (C=O) groups is 1. The lowest BCUT2D eigenvalue weighted by atomic mass is 10.0. The van der Waals surface area contributed by atoms with Gasteiger partial charge in [0.2, 0.25) is 5.91 Å². The van der Waals surface area contributed by atoms with Gasteiger partial charge >= 0.3 is 0 Å². The molecule has 8 heteroatoms. The Morgan fingerprint density at radius 1 is 1.06 bits per heavy atom. The number of amides is 1. The van der Waals surface area contributed by atoms with E-state index in [1.807, 2.05) is 11.9 Å². The van der Waals surface area contributed by atoms with Gasteiger partial charge in [-0.25, -0.2) is 9.29 Å². The molecule has 0 bridgehead atoms. The average Bonchev–Trinajstić information content (AvgIpc) is 3.74. The van der Waals surface area contributed by atoms with Gasteiger partial charge in [-0.05, 0) is 50.5 Å². The maximum absolute atomic E-state index is 12.9. The molecule has 1 aromatic rings. The van der Waals surface area contributed by atoms with E-state index < -0.39 is 0 Å². The van der Waals surface area contributed by atoms with Gasteiger partial charge in [0.1, 0.15) is 11.9 Å². The van der Waals surface area contributed by atoms with Gasteiger partial charge in [0.25, 0.3) is 0 Å². The summed E-state index contributed by atoms with van der Waals surface area (Å²) in [6, 6.07) is 4.90. The molecule has 5 fully saturated rings. The number of nitriles is 1. The van der Waals surface area contributed by atoms with Gasteiger partial charge in [-0.15, -0.1) is 0 Å². The first kappa shape index (κ1) is 22.5. The van der Waals surface area contributed by atoms with Crippen molar-refractivity contribution in [3.63, 3.8) is 0 Å². The minimum Gasteiger partial charge on any atom is -0.367 e. The van der Waals surface area contributed by atoms with Gasteiger partial charge in [-0.2, -0.15) is 5.26 Å². The molecule has 0 N–H and O–H groups in total. The maximum Gasteiger partial charge on any atom is 0.226 e. The van der Waals surface area contributed by atoms with Crippen molar-refractivity contribution in [1.82, 2.24) is 14.2 Å². The van der Waals surface area contributed by atoms with Gasteiger partial charge in [-0.1, -0.05) is 18.9 Å². The van der Waals surface area contributed by atoms with Crippen LogP contribution >= 0.6 is 11.9 Å². The Labute approximate surface area is 207 Å². The van der Waals surface area contributed by atoms with E-state index in [0.29, 0.717) is 23.3 Å². The molecule has 34 heavy (non-hydrogen) atoms. The third kappa shape index (κ3) is 4.49. The molecule has 3 heterocycles. The molecule has 0 radical (unpaired) electrons. The molecule has 1 unspecified atom stereocenters. The molecule has 3 saturated carbocycles. The van der Waals surface area contributed by atoms with Crippen LogP contribution in [-0.2, 0) is 4.79 Å². The fraction of sp³-hybridized carbons (Fsp3) is 0.731. The third-order valence-electron chi connectivity index (χ3n) is 8.08. The predicted octanol–water partition coefficient (Wildman–Crippen LogP) is 3.46. The third-order valence-corrected chi connectivity index (χ3v) is 9.07. The largest absolute Gasteiger partial charge is 0.367 e. The first-order valence-corrected chi connectivity index (χ1v) is 14.2. The van der Waals surface area contributed by atoms with Crippen LogP contribution in [-0.4, -0.2) is 77.7 Å². The number of aromatic nitrogens is 1. The second kappa shape index (κ2) is 9.23. The van der Waals surface area contributed by atoms with E-state index in [9.17, 15) is 10.1 Å². The minimum atomic E-state index is 0.276. The molecule has 6 rings (SSSR count). The van der Waals surface area contributed by atoms with Crippen molar-refractivity contribution in [2.75, 3.05) is 61.4 Å². The molecule has 5 aliphatic rings. The van der Waals surface area contributed by atoms with Gasteiger partial charge in [0.05, 0.1) is 23.0 Å². The number of hydrogen-bond acceptors (Lipinski definition) is 7. The van der Waals surface area contributed by atoms with Crippen LogP contribution in [0.3, 0.4) is 0 Å². The fourth-order valence-electron chi connectivity index (χ4n) is 5.71. The Hall–Kier alpha value is -1.98. The number of pyridine rings is 1. The molecule has 0 spiro atoms. The Morgan fingerprint density at radius 2 is 1.79 bits per heavy atom. The zero-order valence-corrected chi connectivity index (χ0v) is 21.1. The molecule has 1 amide bonds. The van der Waals surface area contributed by atoms with E-state index in [4.69, 9.17) is 4.98 Å². The summed E-state index contributed by atoms with van der Waals surface area (Å²) in [6.07, 6.45) is 6.97. The number of piperazine rings is 2. The summed E-state index contributed by atoms with van der Waals surface area (Å²) in [5.74, 6) is 3.77. The lowest BCUT2D eigenvalue weighted by molar-refractivity contribution is -0.135. The van der Waals surface area contributed by atoms with E-state index >= 15 is 0 Å². The summed E-state index contributed by atoms with van der Waals surface area (Å²) < 4.78 is 2.46. The smallest absolute Gasteiger partial charge is 0.226 e. The topological polar surface area (TPSA) is 66.7 Å². The van der Waals surface area contributed by atoms with Crippen molar-refractivity contribution < 1.29 is 4.79 Å². The molecule has 0 aromatic carbocycles. The number of hydrogen-bond donors (Lipinski definition) is 0. The SMILES string of the molecule is CCSN1CCN(c2cc(C#N)c(N3CCN(C(=O)C4CC4)C(C4CC4)C3)nc2C2CC2)CC1. The van der Waals surface area contributed by atoms with Crippen molar-refractivity contribution in [3.05, 3.63) is 17.3 Å². The van der Waals surface area contributed by atoms with Crippen LogP contribution in [0.5, 0.6) is 0 Å². The first-order valence-electron chi connectivity index (χ1n) is 13.3. The predicted molar refractivity (Wildman–Crippen MR) is 136 cm³/mol. The Balaban J connectivity index is 1.25. The molecule has 2 aliphatic heterocycles. The fourth-order valence-corrected chi connectivity index (χ4v) is 6.49. The highest BCUT2D eigenvalue weighted by molar-refractivity contribution is 7.96. The summed E-state index contributed by atoms with van der Waals surface area (Å²) in [6.45, 7) is 8.65. The number of nitrogens with zero attached hydrogens (tertiary/aromatic N) is 6. The first-order chi connectivity index (χ1) is 16.7. The molecule has 182 valence electrons. The van der Waals surface area contributed by atoms with Crippen molar-refractivity contribution in [3.8, 4) is 6.07 Å². The quantitative estimate of drug-likeness (QED) is 0.554.